The molecule has 0 aromatic carbocycles. The van der Waals surface area contributed by atoms with Gasteiger partial charge >= 0.3 is 0 Å². The van der Waals surface area contributed by atoms with E-state index in [1.807, 2.05) is 0 Å². The fourth-order valence-corrected chi connectivity index (χ4v) is 0.733. The maximum absolute atomic E-state index is 11.0. The molecule has 0 fully saturated rings. The Morgan fingerprint density at radius 1 is 1.73 bits per heavy atom. The molecule has 1 aromatic rings. The van der Waals surface area contributed by atoms with Crippen molar-refractivity contribution in [2.24, 2.45) is 0 Å². The van der Waals surface area contributed by atoms with E-state index < -0.39 is 0 Å². The zero-order valence-electron chi connectivity index (χ0n) is 6.15. The highest BCUT2D eigenvalue weighted by Crippen LogP contribution is 2.02. The lowest BCUT2D eigenvalue weighted by Gasteiger charge is -2.01. The minimum atomic E-state index is -0.303. The summed E-state index contributed by atoms with van der Waals surface area (Å²) in [6, 6.07) is 2.92. The fraction of sp³-hybridized carbons (Fsp3) is 0.286. The molecule has 0 saturated heterocycles. The van der Waals surface area contributed by atoms with Crippen LogP contribution in [0.25, 0.3) is 0 Å². The molecule has 0 unspecified atom stereocenters. The van der Waals surface area contributed by atoms with Crippen LogP contribution >= 0.6 is 0 Å². The number of hydrogen-bond acceptors (Lipinski definition) is 3. The molecule has 1 N–H and O–H groups in total. The minimum absolute atomic E-state index is 0.271. The SMILES string of the molecule is COc1ccn(CO)c(=O)c1. The van der Waals surface area contributed by atoms with E-state index in [0.29, 0.717) is 5.75 Å². The van der Waals surface area contributed by atoms with Gasteiger partial charge in [0.05, 0.1) is 7.11 Å². The average molecular weight is 155 g/mol. The van der Waals surface area contributed by atoms with Crippen LogP contribution in [0.2, 0.25) is 0 Å². The lowest BCUT2D eigenvalue weighted by molar-refractivity contribution is 0.205. The first kappa shape index (κ1) is 7.81. The maximum Gasteiger partial charge on any atom is 0.256 e. The van der Waals surface area contributed by atoms with Gasteiger partial charge < -0.3 is 9.84 Å². The van der Waals surface area contributed by atoms with Crippen LogP contribution in [-0.4, -0.2) is 16.8 Å². The van der Waals surface area contributed by atoms with Crippen molar-refractivity contribution >= 4 is 0 Å². The molecule has 0 saturated carbocycles. The van der Waals surface area contributed by atoms with E-state index in [4.69, 9.17) is 9.84 Å². The van der Waals surface area contributed by atoms with Crippen LogP contribution in [0, 0.1) is 0 Å². The summed E-state index contributed by atoms with van der Waals surface area (Å²) in [5.74, 6) is 0.500. The summed E-state index contributed by atoms with van der Waals surface area (Å²) in [5.41, 5.74) is -0.271. The van der Waals surface area contributed by atoms with Crippen molar-refractivity contribution < 1.29 is 9.84 Å². The van der Waals surface area contributed by atoms with Crippen LogP contribution in [0.15, 0.2) is 23.1 Å². The van der Waals surface area contributed by atoms with Crippen molar-refractivity contribution in [3.63, 3.8) is 0 Å². The van der Waals surface area contributed by atoms with Crippen molar-refractivity contribution in [1.29, 1.82) is 0 Å². The number of nitrogens with zero attached hydrogens (tertiary/aromatic N) is 1. The van der Waals surface area contributed by atoms with Crippen molar-refractivity contribution in [3.8, 4) is 5.75 Å². The molecule has 0 aliphatic carbocycles. The minimum Gasteiger partial charge on any atom is -0.497 e. The Bertz CT molecular complexity index is 292. The van der Waals surface area contributed by atoms with E-state index in [9.17, 15) is 4.79 Å². The third-order valence-corrected chi connectivity index (χ3v) is 1.36. The van der Waals surface area contributed by atoms with Crippen molar-refractivity contribution in [3.05, 3.63) is 28.7 Å². The molecule has 1 rings (SSSR count). The lowest BCUT2D eigenvalue weighted by Crippen LogP contribution is -2.17. The predicted molar refractivity (Wildman–Crippen MR) is 39.5 cm³/mol. The van der Waals surface area contributed by atoms with Crippen LogP contribution in [0.4, 0.5) is 0 Å². The van der Waals surface area contributed by atoms with Gasteiger partial charge in [-0.25, -0.2) is 0 Å². The zero-order chi connectivity index (χ0) is 8.27. The summed E-state index contributed by atoms with van der Waals surface area (Å²) in [7, 11) is 1.48. The smallest absolute Gasteiger partial charge is 0.256 e. The van der Waals surface area contributed by atoms with Gasteiger partial charge in [0.15, 0.2) is 0 Å². The Kier molecular flexibility index (Phi) is 2.28. The van der Waals surface area contributed by atoms with Gasteiger partial charge in [0.2, 0.25) is 0 Å². The average Bonchev–Trinajstić information content (AvgIpc) is 2.04. The first-order valence-electron chi connectivity index (χ1n) is 3.13. The number of rotatable bonds is 2. The second-order valence-corrected chi connectivity index (χ2v) is 2.02. The molecule has 0 aliphatic rings. The Hall–Kier alpha value is -1.29. The summed E-state index contributed by atoms with van der Waals surface area (Å²) in [6.45, 7) is -0.303. The molecule has 11 heavy (non-hydrogen) atoms. The Labute approximate surface area is 63.7 Å². The van der Waals surface area contributed by atoms with E-state index in [2.05, 4.69) is 0 Å². The fourth-order valence-electron chi connectivity index (χ4n) is 0.733. The van der Waals surface area contributed by atoms with E-state index in [-0.39, 0.29) is 12.3 Å². The van der Waals surface area contributed by atoms with Gasteiger partial charge in [-0.05, 0) is 6.07 Å². The summed E-state index contributed by atoms with van der Waals surface area (Å²) in [5, 5.41) is 8.60. The first-order valence-corrected chi connectivity index (χ1v) is 3.13. The molecule has 0 amide bonds. The third kappa shape index (κ3) is 1.59. The highest BCUT2D eigenvalue weighted by molar-refractivity contribution is 5.17. The van der Waals surface area contributed by atoms with Gasteiger partial charge in [0.25, 0.3) is 5.56 Å². The molecule has 0 spiro atoms. The maximum atomic E-state index is 11.0. The van der Waals surface area contributed by atoms with E-state index >= 15 is 0 Å². The van der Waals surface area contributed by atoms with Crippen molar-refractivity contribution in [2.45, 2.75) is 6.73 Å². The zero-order valence-corrected chi connectivity index (χ0v) is 6.15. The van der Waals surface area contributed by atoms with Gasteiger partial charge in [-0.3, -0.25) is 9.36 Å². The molecular weight excluding hydrogens is 146 g/mol. The summed E-state index contributed by atoms with van der Waals surface area (Å²) in [4.78, 5) is 11.0. The normalized spacial score (nSPS) is 9.64. The third-order valence-electron chi connectivity index (χ3n) is 1.36. The monoisotopic (exact) mass is 155 g/mol. The van der Waals surface area contributed by atoms with E-state index in [1.54, 1.807) is 6.07 Å². The molecule has 0 atom stereocenters. The molecule has 1 aromatic heterocycles. The Morgan fingerprint density at radius 2 is 2.45 bits per heavy atom. The predicted octanol–water partition coefficient (Wildman–Crippen LogP) is -0.193. The van der Waals surface area contributed by atoms with Gasteiger partial charge in [-0.15, -0.1) is 0 Å². The van der Waals surface area contributed by atoms with E-state index in [0.717, 1.165) is 0 Å². The molecule has 0 aliphatic heterocycles. The Morgan fingerprint density at radius 3 is 2.91 bits per heavy atom. The summed E-state index contributed by atoms with van der Waals surface area (Å²) in [6.07, 6.45) is 1.47. The lowest BCUT2D eigenvalue weighted by atomic mass is 10.4. The van der Waals surface area contributed by atoms with Crippen molar-refractivity contribution in [1.82, 2.24) is 4.57 Å². The second kappa shape index (κ2) is 3.21. The standard InChI is InChI=1S/C7H9NO3/c1-11-6-2-3-8(5-9)7(10)4-6/h2-4,9H,5H2,1H3. The number of aliphatic hydroxyl groups is 1. The van der Waals surface area contributed by atoms with E-state index in [1.165, 1.54) is 23.9 Å². The van der Waals surface area contributed by atoms with Crippen LogP contribution < -0.4 is 10.3 Å². The first-order chi connectivity index (χ1) is 5.27. The molecule has 0 bridgehead atoms. The van der Waals surface area contributed by atoms with Gasteiger partial charge in [-0.1, -0.05) is 0 Å². The van der Waals surface area contributed by atoms with Gasteiger partial charge in [0, 0.05) is 12.3 Å². The number of hydrogen-bond donors (Lipinski definition) is 1. The summed E-state index contributed by atoms with van der Waals surface area (Å²) < 4.78 is 5.97. The van der Waals surface area contributed by atoms with Crippen LogP contribution in [0.1, 0.15) is 0 Å². The topological polar surface area (TPSA) is 51.5 Å². The Balaban J connectivity index is 3.10. The van der Waals surface area contributed by atoms with Crippen LogP contribution in [0.3, 0.4) is 0 Å². The van der Waals surface area contributed by atoms with Crippen LogP contribution in [-0.2, 0) is 6.73 Å². The quantitative estimate of drug-likeness (QED) is 0.643. The van der Waals surface area contributed by atoms with Gasteiger partial charge in [-0.2, -0.15) is 0 Å². The summed E-state index contributed by atoms with van der Waals surface area (Å²) >= 11 is 0. The highest BCUT2D eigenvalue weighted by atomic mass is 16.5. The molecule has 4 nitrogen and oxygen atoms in total. The van der Waals surface area contributed by atoms with Gasteiger partial charge in [0.1, 0.15) is 12.5 Å². The number of methoxy groups -OCH3 is 1. The number of aliphatic hydroxyl groups excluding tert-OH is 1. The largest absolute Gasteiger partial charge is 0.497 e. The van der Waals surface area contributed by atoms with Crippen molar-refractivity contribution in [2.75, 3.05) is 7.11 Å². The highest BCUT2D eigenvalue weighted by Gasteiger charge is 1.94. The molecule has 4 heteroatoms. The molecule has 0 radical (unpaired) electrons. The second-order valence-electron chi connectivity index (χ2n) is 2.02. The molecule has 1 heterocycles. The number of ether oxygens (including phenoxy) is 1. The number of pyridine rings is 1. The molecular formula is C7H9NO3. The molecule has 60 valence electrons. The number of aromatic nitrogens is 1. The van der Waals surface area contributed by atoms with Crippen LogP contribution in [0.5, 0.6) is 5.75 Å².